The Morgan fingerprint density at radius 3 is 2.20 bits per heavy atom. The van der Waals surface area contributed by atoms with Crippen LogP contribution in [0.3, 0.4) is 0 Å². The number of benzene rings is 1. The lowest BCUT2D eigenvalue weighted by Gasteiger charge is -2.14. The van der Waals surface area contributed by atoms with Gasteiger partial charge in [0.25, 0.3) is 0 Å². The van der Waals surface area contributed by atoms with Gasteiger partial charge in [-0.2, -0.15) is 0 Å². The van der Waals surface area contributed by atoms with Gasteiger partial charge in [-0.3, -0.25) is 0 Å². The molecule has 1 aromatic rings. The molecule has 0 unspecified atom stereocenters. The summed E-state index contributed by atoms with van der Waals surface area (Å²) in [7, 11) is 0. The summed E-state index contributed by atoms with van der Waals surface area (Å²) in [6.45, 7) is 0.463. The second kappa shape index (κ2) is 3.76. The van der Waals surface area contributed by atoms with Crippen molar-refractivity contribution < 1.29 is 8.78 Å². The van der Waals surface area contributed by atoms with Gasteiger partial charge < -0.3 is 5.73 Å². The monoisotopic (exact) mass is 229 g/mol. The zero-order chi connectivity index (χ0) is 11.1. The van der Waals surface area contributed by atoms with Crippen molar-refractivity contribution in [1.82, 2.24) is 0 Å². The summed E-state index contributed by atoms with van der Waals surface area (Å²) in [5, 5.41) is 0. The van der Waals surface area contributed by atoms with Gasteiger partial charge in [-0.1, -0.05) is 0 Å². The van der Waals surface area contributed by atoms with E-state index < -0.39 is 11.6 Å². The first-order chi connectivity index (χ1) is 7.13. The lowest BCUT2D eigenvalue weighted by Crippen LogP contribution is -2.20. The van der Waals surface area contributed by atoms with Crippen LogP contribution in [0.1, 0.15) is 18.4 Å². The molecule has 0 heterocycles. The minimum Gasteiger partial charge on any atom is -0.330 e. The second-order valence-electron chi connectivity index (χ2n) is 3.96. The SMILES string of the molecule is CSc1c(F)cc(C2(CN)CC2)cc1F. The summed E-state index contributed by atoms with van der Waals surface area (Å²) in [6, 6.07) is 2.85. The Kier molecular flexibility index (Phi) is 2.73. The largest absolute Gasteiger partial charge is 0.330 e. The molecular weight excluding hydrogens is 216 g/mol. The Morgan fingerprint density at radius 1 is 1.33 bits per heavy atom. The highest BCUT2D eigenvalue weighted by Gasteiger charge is 2.43. The Hall–Kier alpha value is -0.610. The average Bonchev–Trinajstić information content (AvgIpc) is 2.97. The van der Waals surface area contributed by atoms with Crippen LogP contribution in [-0.2, 0) is 5.41 Å². The van der Waals surface area contributed by atoms with Crippen LogP contribution in [0.25, 0.3) is 0 Å². The van der Waals surface area contributed by atoms with E-state index >= 15 is 0 Å². The maximum absolute atomic E-state index is 13.5. The Bertz CT molecular complexity index is 365. The smallest absolute Gasteiger partial charge is 0.140 e. The van der Waals surface area contributed by atoms with Gasteiger partial charge in [0.1, 0.15) is 11.6 Å². The first-order valence-corrected chi connectivity index (χ1v) is 6.09. The van der Waals surface area contributed by atoms with E-state index in [1.54, 1.807) is 6.26 Å². The fourth-order valence-corrected chi connectivity index (χ4v) is 2.33. The van der Waals surface area contributed by atoms with Crippen molar-refractivity contribution >= 4 is 11.8 Å². The quantitative estimate of drug-likeness (QED) is 0.806. The molecule has 1 fully saturated rings. The molecule has 0 spiro atoms. The topological polar surface area (TPSA) is 26.0 Å². The van der Waals surface area contributed by atoms with Gasteiger partial charge in [0, 0.05) is 12.0 Å². The molecule has 0 amide bonds. The zero-order valence-electron chi connectivity index (χ0n) is 8.52. The third kappa shape index (κ3) is 1.76. The lowest BCUT2D eigenvalue weighted by atomic mass is 9.96. The molecule has 1 saturated carbocycles. The molecule has 2 rings (SSSR count). The molecular formula is C11H13F2NS. The van der Waals surface area contributed by atoms with Gasteiger partial charge in [0.15, 0.2) is 0 Å². The normalized spacial score (nSPS) is 17.9. The van der Waals surface area contributed by atoms with Crippen molar-refractivity contribution in [1.29, 1.82) is 0 Å². The Balaban J connectivity index is 2.44. The van der Waals surface area contributed by atoms with Crippen LogP contribution in [0, 0.1) is 11.6 Å². The van der Waals surface area contributed by atoms with Gasteiger partial charge in [-0.15, -0.1) is 11.8 Å². The molecule has 4 heteroatoms. The standard InChI is InChI=1S/C11H13F2NS/c1-15-10-8(12)4-7(5-9(10)13)11(6-14)2-3-11/h4-5H,2-3,6,14H2,1H3. The maximum atomic E-state index is 13.5. The summed E-state index contributed by atoms with van der Waals surface area (Å²) in [4.78, 5) is 0.0894. The molecule has 1 aliphatic rings. The molecule has 0 radical (unpaired) electrons. The van der Waals surface area contributed by atoms with Gasteiger partial charge in [0.05, 0.1) is 4.90 Å². The number of halogens is 2. The van der Waals surface area contributed by atoms with E-state index in [-0.39, 0.29) is 10.3 Å². The third-order valence-electron chi connectivity index (χ3n) is 3.06. The van der Waals surface area contributed by atoms with E-state index in [0.717, 1.165) is 24.6 Å². The molecule has 0 saturated heterocycles. The predicted octanol–water partition coefficient (Wildman–Crippen LogP) is 2.68. The number of thioether (sulfide) groups is 1. The van der Waals surface area contributed by atoms with Gasteiger partial charge in [-0.25, -0.2) is 8.78 Å². The molecule has 0 aliphatic heterocycles. The highest BCUT2D eigenvalue weighted by Crippen LogP contribution is 2.48. The molecule has 15 heavy (non-hydrogen) atoms. The van der Waals surface area contributed by atoms with Crippen LogP contribution in [-0.4, -0.2) is 12.8 Å². The predicted molar refractivity (Wildman–Crippen MR) is 58.1 cm³/mol. The van der Waals surface area contributed by atoms with E-state index in [1.165, 1.54) is 12.1 Å². The second-order valence-corrected chi connectivity index (χ2v) is 4.77. The van der Waals surface area contributed by atoms with E-state index in [4.69, 9.17) is 5.73 Å². The van der Waals surface area contributed by atoms with Gasteiger partial charge in [-0.05, 0) is 36.8 Å². The van der Waals surface area contributed by atoms with E-state index in [2.05, 4.69) is 0 Å². The molecule has 1 aromatic carbocycles. The summed E-state index contributed by atoms with van der Waals surface area (Å²) in [5.41, 5.74) is 6.17. The maximum Gasteiger partial charge on any atom is 0.140 e. The van der Waals surface area contributed by atoms with Crippen LogP contribution in [0.15, 0.2) is 17.0 Å². The number of hydrogen-bond donors (Lipinski definition) is 1. The minimum atomic E-state index is -0.475. The molecule has 1 nitrogen and oxygen atoms in total. The van der Waals surface area contributed by atoms with Crippen molar-refractivity contribution in [3.05, 3.63) is 29.3 Å². The lowest BCUT2D eigenvalue weighted by molar-refractivity contribution is 0.531. The Morgan fingerprint density at radius 2 is 1.87 bits per heavy atom. The highest BCUT2D eigenvalue weighted by atomic mass is 32.2. The van der Waals surface area contributed by atoms with Crippen molar-refractivity contribution in [3.63, 3.8) is 0 Å². The summed E-state index contributed by atoms with van der Waals surface area (Å²) < 4.78 is 27.0. The van der Waals surface area contributed by atoms with Crippen molar-refractivity contribution in [2.75, 3.05) is 12.8 Å². The van der Waals surface area contributed by atoms with Gasteiger partial charge >= 0.3 is 0 Å². The summed E-state index contributed by atoms with van der Waals surface area (Å²) >= 11 is 1.09. The molecule has 1 aliphatic carbocycles. The summed E-state index contributed by atoms with van der Waals surface area (Å²) in [5.74, 6) is -0.950. The highest BCUT2D eigenvalue weighted by molar-refractivity contribution is 7.98. The van der Waals surface area contributed by atoms with Crippen molar-refractivity contribution in [2.45, 2.75) is 23.2 Å². The fourth-order valence-electron chi connectivity index (χ4n) is 1.82. The van der Waals surface area contributed by atoms with E-state index in [1.807, 2.05) is 0 Å². The molecule has 82 valence electrons. The minimum absolute atomic E-state index is 0.0894. The Labute approximate surface area is 92.0 Å². The molecule has 0 bridgehead atoms. The van der Waals surface area contributed by atoms with Crippen molar-refractivity contribution in [2.24, 2.45) is 5.73 Å². The van der Waals surface area contributed by atoms with Crippen LogP contribution < -0.4 is 5.73 Å². The molecule has 2 N–H and O–H groups in total. The number of hydrogen-bond acceptors (Lipinski definition) is 2. The fraction of sp³-hybridized carbons (Fsp3) is 0.455. The molecule has 0 aromatic heterocycles. The van der Waals surface area contributed by atoms with E-state index in [9.17, 15) is 8.78 Å². The number of rotatable bonds is 3. The first kappa shape index (κ1) is 10.9. The summed E-state index contributed by atoms with van der Waals surface area (Å²) in [6.07, 6.45) is 3.53. The average molecular weight is 229 g/mol. The molecule has 0 atom stereocenters. The van der Waals surface area contributed by atoms with Crippen LogP contribution >= 0.6 is 11.8 Å². The van der Waals surface area contributed by atoms with Crippen LogP contribution in [0.2, 0.25) is 0 Å². The van der Waals surface area contributed by atoms with E-state index in [0.29, 0.717) is 12.1 Å². The zero-order valence-corrected chi connectivity index (χ0v) is 9.33. The van der Waals surface area contributed by atoms with Crippen molar-refractivity contribution in [3.8, 4) is 0 Å². The van der Waals surface area contributed by atoms with Crippen LogP contribution in [0.5, 0.6) is 0 Å². The third-order valence-corrected chi connectivity index (χ3v) is 3.86. The number of nitrogens with two attached hydrogens (primary N) is 1. The van der Waals surface area contributed by atoms with Crippen LogP contribution in [0.4, 0.5) is 8.78 Å². The first-order valence-electron chi connectivity index (χ1n) is 4.86. The van der Waals surface area contributed by atoms with Gasteiger partial charge in [0.2, 0.25) is 0 Å².